The molecule has 3 heterocycles. The van der Waals surface area contributed by atoms with Crippen molar-refractivity contribution in [1.29, 1.82) is 0 Å². The van der Waals surface area contributed by atoms with E-state index in [9.17, 15) is 8.42 Å². The molecule has 1 N–H and O–H groups in total. The Labute approximate surface area is 85.1 Å². The van der Waals surface area contributed by atoms with E-state index < -0.39 is 10.2 Å². The Morgan fingerprint density at radius 3 is 2.30 bits per heavy atom. The summed E-state index contributed by atoms with van der Waals surface area (Å²) in [6.07, 6.45) is 0. The third kappa shape index (κ3) is 0.804. The Hall–Kier alpha value is 0.530. The van der Waals surface area contributed by atoms with Crippen molar-refractivity contribution in [2.75, 3.05) is 0 Å². The summed E-state index contributed by atoms with van der Waals surface area (Å²) in [4.78, 5) is 0. The molecule has 0 aromatic carbocycles. The van der Waals surface area contributed by atoms with Crippen LogP contribution in [-0.2, 0) is 10.2 Å². The molecular formula is CH3N4NaO2S2. The van der Waals surface area contributed by atoms with E-state index in [0.29, 0.717) is 0 Å². The molecule has 0 amide bonds. The second-order valence-electron chi connectivity index (χ2n) is 1.52. The molecule has 10 heavy (non-hydrogen) atoms. The molecule has 3 aliphatic heterocycles. The maximum absolute atomic E-state index is 10.6. The zero-order chi connectivity index (χ0) is 6.65. The van der Waals surface area contributed by atoms with E-state index in [1.165, 1.54) is 0 Å². The molecule has 0 atom stereocenters. The molecular weight excluding hydrogens is 187 g/mol. The third-order valence-corrected chi connectivity index (χ3v) is 2.73. The van der Waals surface area contributed by atoms with Gasteiger partial charge in [0.15, 0.2) is 0 Å². The van der Waals surface area contributed by atoms with Gasteiger partial charge in [0, 0.05) is 0 Å². The Balaban J connectivity index is 0.000000500. The van der Waals surface area contributed by atoms with Gasteiger partial charge in [0.05, 0.1) is 0 Å². The van der Waals surface area contributed by atoms with Crippen LogP contribution in [0, 0.1) is 0 Å². The number of thiol groups is 1. The van der Waals surface area contributed by atoms with Gasteiger partial charge in [-0.2, -0.15) is 8.42 Å². The molecule has 0 aromatic rings. The van der Waals surface area contributed by atoms with E-state index in [4.69, 9.17) is 0 Å². The molecule has 0 aromatic heterocycles. The Kier molecular flexibility index (Phi) is 1.95. The molecule has 3 aliphatic rings. The normalized spacial score (nSPS) is 25.1. The number of hydrazone groups is 1. The van der Waals surface area contributed by atoms with Crippen molar-refractivity contribution in [3.8, 4) is 0 Å². The second kappa shape index (κ2) is 2.26. The molecule has 0 unspecified atom stereocenters. The van der Waals surface area contributed by atoms with Gasteiger partial charge in [-0.05, 0) is 0 Å². The van der Waals surface area contributed by atoms with Crippen LogP contribution in [-0.4, -0.2) is 52.1 Å². The first kappa shape index (κ1) is 8.62. The van der Waals surface area contributed by atoms with Crippen molar-refractivity contribution in [3.63, 3.8) is 0 Å². The van der Waals surface area contributed by atoms with Gasteiger partial charge in [0.2, 0.25) is 5.17 Å². The minimum absolute atomic E-state index is 0. The summed E-state index contributed by atoms with van der Waals surface area (Å²) in [6, 6.07) is 0. The summed E-state index contributed by atoms with van der Waals surface area (Å²) in [5.41, 5.74) is 2.36. The Morgan fingerprint density at radius 2 is 2.20 bits per heavy atom. The summed E-state index contributed by atoms with van der Waals surface area (Å²) < 4.78 is 22.9. The van der Waals surface area contributed by atoms with Crippen molar-refractivity contribution in [2.24, 2.45) is 5.10 Å². The van der Waals surface area contributed by atoms with Gasteiger partial charge in [-0.3, -0.25) is 0 Å². The number of rotatable bonds is 0. The Morgan fingerprint density at radius 1 is 1.60 bits per heavy atom. The van der Waals surface area contributed by atoms with E-state index in [1.807, 2.05) is 0 Å². The zero-order valence-electron chi connectivity index (χ0n) is 4.01. The zero-order valence-corrected chi connectivity index (χ0v) is 5.72. The Bertz CT molecular complexity index is 284. The predicted molar refractivity (Wildman–Crippen MR) is 39.3 cm³/mol. The SMILES string of the molecule is O=S1(=O)N2N=C(S)N1N2.[NaH]. The van der Waals surface area contributed by atoms with Crippen molar-refractivity contribution in [2.45, 2.75) is 0 Å². The fourth-order valence-corrected chi connectivity index (χ4v) is 1.90. The molecule has 9 heteroatoms. The van der Waals surface area contributed by atoms with Gasteiger partial charge in [-0.15, -0.1) is 22.1 Å². The van der Waals surface area contributed by atoms with E-state index in [1.54, 1.807) is 0 Å². The van der Waals surface area contributed by atoms with Crippen LogP contribution in [0.3, 0.4) is 0 Å². The molecule has 3 rings (SSSR count). The molecule has 52 valence electrons. The van der Waals surface area contributed by atoms with Crippen molar-refractivity contribution >= 4 is 57.6 Å². The van der Waals surface area contributed by atoms with Gasteiger partial charge in [-0.25, -0.2) is 0 Å². The number of nitrogens with one attached hydrogen (secondary N) is 1. The number of amidine groups is 1. The maximum atomic E-state index is 10.6. The van der Waals surface area contributed by atoms with Crippen LogP contribution < -0.4 is 5.53 Å². The van der Waals surface area contributed by atoms with Gasteiger partial charge >= 0.3 is 39.8 Å². The molecule has 0 spiro atoms. The van der Waals surface area contributed by atoms with Crippen molar-refractivity contribution in [3.05, 3.63) is 0 Å². The molecule has 1 saturated heterocycles. The molecule has 0 aliphatic carbocycles. The molecule has 6 nitrogen and oxygen atoms in total. The molecule has 0 saturated carbocycles. The average molecular weight is 190 g/mol. The van der Waals surface area contributed by atoms with E-state index in [2.05, 4.69) is 23.3 Å². The van der Waals surface area contributed by atoms with Crippen LogP contribution in [0.2, 0.25) is 0 Å². The minimum atomic E-state index is -3.30. The number of hydrogen-bond acceptors (Lipinski definition) is 4. The van der Waals surface area contributed by atoms with Crippen molar-refractivity contribution in [1.82, 2.24) is 14.5 Å². The first-order valence-corrected chi connectivity index (χ1v) is 3.86. The summed E-state index contributed by atoms with van der Waals surface area (Å²) in [6.45, 7) is 0. The van der Waals surface area contributed by atoms with Crippen molar-refractivity contribution < 1.29 is 8.42 Å². The van der Waals surface area contributed by atoms with Crippen LogP contribution in [0.25, 0.3) is 0 Å². The van der Waals surface area contributed by atoms with Crippen LogP contribution >= 0.6 is 12.6 Å². The van der Waals surface area contributed by atoms with Gasteiger partial charge in [-0.1, -0.05) is 10.1 Å². The van der Waals surface area contributed by atoms with Crippen LogP contribution in [0.1, 0.15) is 0 Å². The van der Waals surface area contributed by atoms with E-state index in [-0.39, 0.29) is 34.7 Å². The second-order valence-corrected chi connectivity index (χ2v) is 3.52. The third-order valence-electron chi connectivity index (χ3n) is 0.988. The number of hydrogen-bond donors (Lipinski definition) is 2. The standard InChI is InChI=1S/CH2N4O2S2.Na.H/c6-9(7)4-1(8)2-5(9)3-4;;/h3H,(H,2,8);;. The predicted octanol–water partition coefficient (Wildman–Crippen LogP) is -2.17. The number of nitrogens with zero attached hydrogens (tertiary/aromatic N) is 3. The van der Waals surface area contributed by atoms with Gasteiger partial charge < -0.3 is 0 Å². The summed E-state index contributed by atoms with van der Waals surface area (Å²) >= 11 is 3.74. The van der Waals surface area contributed by atoms with E-state index in [0.717, 1.165) is 8.94 Å². The van der Waals surface area contributed by atoms with Gasteiger partial charge in [0.25, 0.3) is 0 Å². The van der Waals surface area contributed by atoms with Crippen LogP contribution in [0.15, 0.2) is 5.10 Å². The fraction of sp³-hybridized carbons (Fsp3) is 0. The molecule has 0 radical (unpaired) electrons. The van der Waals surface area contributed by atoms with E-state index >= 15 is 0 Å². The van der Waals surface area contributed by atoms with Crippen LogP contribution in [0.4, 0.5) is 0 Å². The summed E-state index contributed by atoms with van der Waals surface area (Å²) in [7, 11) is -3.30. The van der Waals surface area contributed by atoms with Crippen LogP contribution in [0.5, 0.6) is 0 Å². The topological polar surface area (TPSA) is 65.0 Å². The first-order chi connectivity index (χ1) is 4.12. The molecule has 2 bridgehead atoms. The van der Waals surface area contributed by atoms with Gasteiger partial charge in [0.1, 0.15) is 0 Å². The molecule has 1 fully saturated rings. The monoisotopic (exact) mass is 190 g/mol. The first-order valence-electron chi connectivity index (χ1n) is 2.02. The average Bonchev–Trinajstić information content (AvgIpc) is 2.20. The quantitative estimate of drug-likeness (QED) is 0.337. The fourth-order valence-electron chi connectivity index (χ4n) is 0.569. The number of hydrazine groups is 2. The summed E-state index contributed by atoms with van der Waals surface area (Å²) in [5, 5.41) is 3.60. The summed E-state index contributed by atoms with van der Waals surface area (Å²) in [5.74, 6) is 0.